The normalized spacial score (nSPS) is 14.6. The van der Waals surface area contributed by atoms with Crippen LogP contribution in [0.25, 0.3) is 20.8 Å². The van der Waals surface area contributed by atoms with E-state index in [0.29, 0.717) is 12.5 Å². The van der Waals surface area contributed by atoms with Crippen molar-refractivity contribution < 1.29 is 4.79 Å². The zero-order valence-electron chi connectivity index (χ0n) is 16.5. The van der Waals surface area contributed by atoms with Gasteiger partial charge in [-0.25, -0.2) is 4.98 Å². The summed E-state index contributed by atoms with van der Waals surface area (Å²) in [6.45, 7) is 6.56. The van der Waals surface area contributed by atoms with E-state index in [1.807, 2.05) is 34.9 Å². The molecule has 0 atom stereocenters. The number of Topliss-reactive ketones (excluding diaryl/α,β-unsaturated/α-hetero) is 1. The van der Waals surface area contributed by atoms with E-state index in [1.165, 1.54) is 36.9 Å². The second-order valence-corrected chi connectivity index (χ2v) is 10.8. The maximum atomic E-state index is 12.9. The summed E-state index contributed by atoms with van der Waals surface area (Å²) in [4.78, 5) is 23.8. The molecule has 0 bridgehead atoms. The summed E-state index contributed by atoms with van der Waals surface area (Å²) in [7, 11) is 0. The van der Waals surface area contributed by atoms with Gasteiger partial charge >= 0.3 is 0 Å². The molecule has 0 amide bonds. The van der Waals surface area contributed by atoms with Gasteiger partial charge in [0.15, 0.2) is 5.78 Å². The van der Waals surface area contributed by atoms with E-state index in [0.717, 1.165) is 34.9 Å². The van der Waals surface area contributed by atoms with Crippen LogP contribution in [0.3, 0.4) is 0 Å². The number of thiazole rings is 1. The van der Waals surface area contributed by atoms with Crippen LogP contribution in [0.5, 0.6) is 0 Å². The lowest BCUT2D eigenvalue weighted by Crippen LogP contribution is -2.35. The smallest absolute Gasteiger partial charge is 0.177 e. The molecule has 0 saturated carbocycles. The molecule has 0 unspecified atom stereocenters. The summed E-state index contributed by atoms with van der Waals surface area (Å²) in [6, 6.07) is 12.7. The SMILES string of the molecule is CC(C)N1CCc2c(sc(CC(=O)c3cccs3)c2-c2nc3ccccc3s2)C1. The van der Waals surface area contributed by atoms with Gasteiger partial charge in [0, 0.05) is 40.9 Å². The molecular formula is C23H22N2OS3. The first-order valence-electron chi connectivity index (χ1n) is 9.90. The van der Waals surface area contributed by atoms with E-state index in [4.69, 9.17) is 4.98 Å². The minimum absolute atomic E-state index is 0.210. The molecule has 0 radical (unpaired) electrons. The fourth-order valence-corrected chi connectivity index (χ4v) is 7.12. The van der Waals surface area contributed by atoms with Crippen molar-refractivity contribution in [2.75, 3.05) is 6.54 Å². The van der Waals surface area contributed by atoms with Crippen LogP contribution in [-0.2, 0) is 19.4 Å². The number of aromatic nitrogens is 1. The van der Waals surface area contributed by atoms with Crippen LogP contribution < -0.4 is 0 Å². The second kappa shape index (κ2) is 7.76. The van der Waals surface area contributed by atoms with E-state index in [2.05, 4.69) is 36.9 Å². The second-order valence-electron chi connectivity index (χ2n) is 7.68. The molecule has 5 rings (SSSR count). The van der Waals surface area contributed by atoms with Crippen molar-refractivity contribution in [3.8, 4) is 10.6 Å². The largest absolute Gasteiger partial charge is 0.296 e. The first-order valence-corrected chi connectivity index (χ1v) is 12.4. The standard InChI is InChI=1S/C23H22N2OS3/c1-14(2)25-10-9-15-21(13-25)28-20(12-17(26)19-8-5-11-27-19)22(15)23-24-16-6-3-4-7-18(16)29-23/h3-8,11,14H,9-10,12-13H2,1-2H3. The Bertz CT molecular complexity index is 1140. The molecule has 1 aliphatic rings. The highest BCUT2D eigenvalue weighted by Crippen LogP contribution is 2.43. The topological polar surface area (TPSA) is 33.2 Å². The summed E-state index contributed by atoms with van der Waals surface area (Å²) in [6.07, 6.45) is 1.49. The Morgan fingerprint density at radius 2 is 2.03 bits per heavy atom. The predicted octanol–water partition coefficient (Wildman–Crippen LogP) is 6.28. The molecule has 4 heterocycles. The van der Waals surface area contributed by atoms with Gasteiger partial charge in [-0.05, 0) is 49.4 Å². The maximum absolute atomic E-state index is 12.9. The van der Waals surface area contributed by atoms with Crippen LogP contribution in [0.15, 0.2) is 41.8 Å². The Hall–Kier alpha value is -1.86. The molecule has 0 aliphatic carbocycles. The number of benzene rings is 1. The molecule has 0 N–H and O–H groups in total. The monoisotopic (exact) mass is 438 g/mol. The van der Waals surface area contributed by atoms with Crippen molar-refractivity contribution in [3.05, 3.63) is 62.0 Å². The average molecular weight is 439 g/mol. The van der Waals surface area contributed by atoms with Gasteiger partial charge in [-0.1, -0.05) is 18.2 Å². The number of ketones is 1. The highest BCUT2D eigenvalue weighted by Gasteiger charge is 2.28. The van der Waals surface area contributed by atoms with Crippen molar-refractivity contribution in [1.82, 2.24) is 9.88 Å². The lowest BCUT2D eigenvalue weighted by molar-refractivity contribution is 0.0998. The van der Waals surface area contributed by atoms with Gasteiger partial charge in [0.1, 0.15) is 5.01 Å². The minimum atomic E-state index is 0.210. The van der Waals surface area contributed by atoms with E-state index in [9.17, 15) is 4.79 Å². The number of nitrogens with zero attached hydrogens (tertiary/aromatic N) is 2. The van der Waals surface area contributed by atoms with Crippen LogP contribution in [0.4, 0.5) is 0 Å². The number of fused-ring (bicyclic) bond motifs is 2. The quantitative estimate of drug-likeness (QED) is 0.344. The van der Waals surface area contributed by atoms with Gasteiger partial charge in [0.2, 0.25) is 0 Å². The summed E-state index contributed by atoms with van der Waals surface area (Å²) >= 11 is 5.10. The maximum Gasteiger partial charge on any atom is 0.177 e. The zero-order chi connectivity index (χ0) is 20.0. The number of rotatable bonds is 5. The van der Waals surface area contributed by atoms with E-state index in [1.54, 1.807) is 11.3 Å². The number of para-hydroxylation sites is 1. The summed E-state index contributed by atoms with van der Waals surface area (Å²) in [5.41, 5.74) is 3.70. The van der Waals surface area contributed by atoms with E-state index >= 15 is 0 Å². The summed E-state index contributed by atoms with van der Waals surface area (Å²) < 4.78 is 1.21. The Labute approximate surface area is 182 Å². The Kier molecular flexibility index (Phi) is 5.12. The van der Waals surface area contributed by atoms with Crippen LogP contribution in [0.1, 0.15) is 38.8 Å². The van der Waals surface area contributed by atoms with Crippen molar-refractivity contribution in [1.29, 1.82) is 0 Å². The number of thiophene rings is 2. The highest BCUT2D eigenvalue weighted by atomic mass is 32.1. The van der Waals surface area contributed by atoms with Crippen molar-refractivity contribution >= 4 is 50.0 Å². The molecule has 148 valence electrons. The Balaban J connectivity index is 1.60. The third kappa shape index (κ3) is 3.59. The molecule has 4 aromatic rings. The number of carbonyl (C=O) groups is 1. The first-order chi connectivity index (χ1) is 14.1. The third-order valence-corrected chi connectivity index (χ3v) is 8.70. The lowest BCUT2D eigenvalue weighted by atomic mass is 9.99. The fourth-order valence-electron chi connectivity index (χ4n) is 3.94. The summed E-state index contributed by atoms with van der Waals surface area (Å²) in [5.74, 6) is 0.210. The first kappa shape index (κ1) is 19.1. The summed E-state index contributed by atoms with van der Waals surface area (Å²) in [5, 5.41) is 3.04. The number of hydrogen-bond acceptors (Lipinski definition) is 6. The molecule has 0 spiro atoms. The minimum Gasteiger partial charge on any atom is -0.296 e. The molecule has 3 nitrogen and oxygen atoms in total. The molecule has 3 aromatic heterocycles. The van der Waals surface area contributed by atoms with Gasteiger partial charge in [-0.2, -0.15) is 0 Å². The van der Waals surface area contributed by atoms with Crippen LogP contribution in [0, 0.1) is 0 Å². The molecule has 29 heavy (non-hydrogen) atoms. The Morgan fingerprint density at radius 1 is 1.17 bits per heavy atom. The van der Waals surface area contributed by atoms with Gasteiger partial charge in [-0.3, -0.25) is 9.69 Å². The van der Waals surface area contributed by atoms with Crippen molar-refractivity contribution in [2.45, 2.75) is 39.3 Å². The molecule has 1 aliphatic heterocycles. The molecule has 0 saturated heterocycles. The molecule has 6 heteroatoms. The van der Waals surface area contributed by atoms with Gasteiger partial charge in [0.25, 0.3) is 0 Å². The van der Waals surface area contributed by atoms with Crippen LogP contribution >= 0.6 is 34.0 Å². The average Bonchev–Trinajstić information content (AvgIpc) is 3.44. The van der Waals surface area contributed by atoms with Gasteiger partial charge in [-0.15, -0.1) is 34.0 Å². The number of hydrogen-bond donors (Lipinski definition) is 0. The van der Waals surface area contributed by atoms with E-state index < -0.39 is 0 Å². The van der Waals surface area contributed by atoms with Crippen molar-refractivity contribution in [2.24, 2.45) is 0 Å². The predicted molar refractivity (Wildman–Crippen MR) is 125 cm³/mol. The molecule has 0 fully saturated rings. The lowest BCUT2D eigenvalue weighted by Gasteiger charge is -2.30. The van der Waals surface area contributed by atoms with Gasteiger partial charge < -0.3 is 0 Å². The molecule has 1 aromatic carbocycles. The zero-order valence-corrected chi connectivity index (χ0v) is 18.9. The van der Waals surface area contributed by atoms with Gasteiger partial charge in [0.05, 0.1) is 15.1 Å². The van der Waals surface area contributed by atoms with Crippen LogP contribution in [0.2, 0.25) is 0 Å². The molecular weight excluding hydrogens is 416 g/mol. The fraction of sp³-hybridized carbons (Fsp3) is 0.304. The van der Waals surface area contributed by atoms with Crippen LogP contribution in [-0.4, -0.2) is 28.3 Å². The van der Waals surface area contributed by atoms with E-state index in [-0.39, 0.29) is 5.78 Å². The highest BCUT2D eigenvalue weighted by molar-refractivity contribution is 7.22. The Morgan fingerprint density at radius 3 is 2.79 bits per heavy atom. The number of carbonyl (C=O) groups excluding carboxylic acids is 1. The third-order valence-electron chi connectivity index (χ3n) is 5.51. The van der Waals surface area contributed by atoms with Crippen molar-refractivity contribution in [3.63, 3.8) is 0 Å².